The molecule has 0 aliphatic rings. The number of aromatic nitrogens is 2. The molecule has 0 saturated heterocycles. The summed E-state index contributed by atoms with van der Waals surface area (Å²) in [6.07, 6.45) is 2.04. The van der Waals surface area contributed by atoms with Crippen molar-refractivity contribution in [3.8, 4) is 11.4 Å². The fourth-order valence-electron chi connectivity index (χ4n) is 1.95. The first-order valence-corrected chi connectivity index (χ1v) is 7.93. The number of hydrogen-bond acceptors (Lipinski definition) is 3. The van der Waals surface area contributed by atoms with Gasteiger partial charge in [0, 0.05) is 15.8 Å². The highest BCUT2D eigenvalue weighted by Gasteiger charge is 2.10. The Kier molecular flexibility index (Phi) is 3.83. The van der Waals surface area contributed by atoms with Crippen molar-refractivity contribution in [2.75, 3.05) is 6.26 Å². The highest BCUT2D eigenvalue weighted by Crippen LogP contribution is 2.29. The second-order valence-electron chi connectivity index (χ2n) is 4.20. The van der Waals surface area contributed by atoms with Crippen molar-refractivity contribution in [2.45, 2.75) is 4.90 Å². The molecule has 0 atom stereocenters. The predicted molar refractivity (Wildman–Crippen MR) is 86.8 cm³/mol. The number of hydrogen-bond donors (Lipinski definition) is 0. The van der Waals surface area contributed by atoms with Crippen LogP contribution in [0.1, 0.15) is 0 Å². The zero-order chi connectivity index (χ0) is 14.1. The van der Waals surface area contributed by atoms with Gasteiger partial charge in [-0.05, 0) is 30.5 Å². The standard InChI is InChI=1S/C15H10Cl2N2S/c1-20-10-7-5-9(6-8-10)15-18-13-11(14(17)19-15)3-2-4-12(13)16/h2-8H,1H3. The summed E-state index contributed by atoms with van der Waals surface area (Å²) in [5.74, 6) is 0.586. The Morgan fingerprint density at radius 2 is 1.70 bits per heavy atom. The van der Waals surface area contributed by atoms with E-state index in [1.165, 1.54) is 4.90 Å². The monoisotopic (exact) mass is 320 g/mol. The van der Waals surface area contributed by atoms with Gasteiger partial charge in [0.1, 0.15) is 5.15 Å². The van der Waals surface area contributed by atoms with Gasteiger partial charge in [0.2, 0.25) is 0 Å². The molecular formula is C15H10Cl2N2S. The molecule has 100 valence electrons. The van der Waals surface area contributed by atoms with Gasteiger partial charge >= 0.3 is 0 Å². The Morgan fingerprint density at radius 1 is 0.950 bits per heavy atom. The van der Waals surface area contributed by atoms with Crippen LogP contribution in [0.25, 0.3) is 22.3 Å². The fourth-order valence-corrected chi connectivity index (χ4v) is 2.81. The first kappa shape index (κ1) is 13.7. The van der Waals surface area contributed by atoms with Crippen LogP contribution >= 0.6 is 35.0 Å². The topological polar surface area (TPSA) is 25.8 Å². The number of rotatable bonds is 2. The van der Waals surface area contributed by atoms with E-state index in [-0.39, 0.29) is 0 Å². The van der Waals surface area contributed by atoms with E-state index in [9.17, 15) is 0 Å². The Hall–Kier alpha value is -1.29. The van der Waals surface area contributed by atoms with Crippen molar-refractivity contribution < 1.29 is 0 Å². The fraction of sp³-hybridized carbons (Fsp3) is 0.0667. The van der Waals surface area contributed by atoms with E-state index in [0.717, 1.165) is 10.9 Å². The molecule has 20 heavy (non-hydrogen) atoms. The van der Waals surface area contributed by atoms with Crippen LogP contribution in [0.3, 0.4) is 0 Å². The van der Waals surface area contributed by atoms with Crippen molar-refractivity contribution in [3.05, 3.63) is 52.6 Å². The molecule has 0 N–H and O–H groups in total. The molecule has 1 aromatic heterocycles. The maximum Gasteiger partial charge on any atom is 0.161 e. The SMILES string of the molecule is CSc1ccc(-c2nc(Cl)c3cccc(Cl)c3n2)cc1. The third kappa shape index (κ3) is 2.49. The number of benzene rings is 2. The molecule has 0 bridgehead atoms. The number of halogens is 2. The summed E-state index contributed by atoms with van der Waals surface area (Å²) in [5, 5.41) is 1.76. The van der Waals surface area contributed by atoms with Crippen LogP contribution < -0.4 is 0 Å². The maximum atomic E-state index is 6.23. The Balaban J connectivity index is 2.18. The molecule has 2 aromatic carbocycles. The van der Waals surface area contributed by atoms with Crippen molar-refractivity contribution in [2.24, 2.45) is 0 Å². The molecule has 0 spiro atoms. The lowest BCUT2D eigenvalue weighted by Crippen LogP contribution is -1.92. The molecule has 3 rings (SSSR count). The highest BCUT2D eigenvalue weighted by molar-refractivity contribution is 7.98. The molecule has 3 aromatic rings. The van der Waals surface area contributed by atoms with Gasteiger partial charge < -0.3 is 0 Å². The van der Waals surface area contributed by atoms with Crippen LogP contribution in [0, 0.1) is 0 Å². The van der Waals surface area contributed by atoms with Gasteiger partial charge in [0.25, 0.3) is 0 Å². The lowest BCUT2D eigenvalue weighted by molar-refractivity contribution is 1.22. The van der Waals surface area contributed by atoms with Gasteiger partial charge in [0.15, 0.2) is 5.82 Å². The summed E-state index contributed by atoms with van der Waals surface area (Å²) in [5.41, 5.74) is 1.60. The average molecular weight is 321 g/mol. The number of thioether (sulfide) groups is 1. The second-order valence-corrected chi connectivity index (χ2v) is 5.85. The molecule has 0 aliphatic heterocycles. The van der Waals surface area contributed by atoms with E-state index in [1.54, 1.807) is 17.8 Å². The highest BCUT2D eigenvalue weighted by atomic mass is 35.5. The molecule has 0 radical (unpaired) electrons. The minimum Gasteiger partial charge on any atom is -0.226 e. The second kappa shape index (κ2) is 5.60. The van der Waals surface area contributed by atoms with Gasteiger partial charge in [-0.1, -0.05) is 41.4 Å². The van der Waals surface area contributed by atoms with Crippen LogP contribution in [0.5, 0.6) is 0 Å². The largest absolute Gasteiger partial charge is 0.226 e. The van der Waals surface area contributed by atoms with Crippen LogP contribution in [0.2, 0.25) is 10.2 Å². The zero-order valence-corrected chi connectivity index (χ0v) is 12.9. The lowest BCUT2D eigenvalue weighted by atomic mass is 10.2. The lowest BCUT2D eigenvalue weighted by Gasteiger charge is -2.06. The molecule has 1 heterocycles. The van der Waals surface area contributed by atoms with E-state index in [0.29, 0.717) is 21.5 Å². The maximum absolute atomic E-state index is 6.23. The van der Waals surface area contributed by atoms with Gasteiger partial charge in [-0.15, -0.1) is 11.8 Å². The summed E-state index contributed by atoms with van der Waals surface area (Å²) >= 11 is 14.1. The molecule has 0 amide bonds. The van der Waals surface area contributed by atoms with Crippen molar-refractivity contribution in [1.29, 1.82) is 0 Å². The molecular weight excluding hydrogens is 311 g/mol. The van der Waals surface area contributed by atoms with Crippen molar-refractivity contribution in [1.82, 2.24) is 9.97 Å². The number of para-hydroxylation sites is 1. The van der Waals surface area contributed by atoms with Crippen LogP contribution in [0.15, 0.2) is 47.4 Å². The van der Waals surface area contributed by atoms with Gasteiger partial charge in [-0.2, -0.15) is 0 Å². The predicted octanol–water partition coefficient (Wildman–Crippen LogP) is 5.33. The smallest absolute Gasteiger partial charge is 0.161 e. The Bertz CT molecular complexity index is 773. The number of nitrogens with zero attached hydrogens (tertiary/aromatic N) is 2. The first-order chi connectivity index (χ1) is 9.69. The Labute approximate surface area is 131 Å². The molecule has 0 saturated carbocycles. The summed E-state index contributed by atoms with van der Waals surface area (Å²) in [6, 6.07) is 13.5. The normalized spacial score (nSPS) is 10.9. The van der Waals surface area contributed by atoms with E-state index in [1.807, 2.05) is 42.7 Å². The zero-order valence-electron chi connectivity index (χ0n) is 10.6. The van der Waals surface area contributed by atoms with Crippen LogP contribution in [-0.4, -0.2) is 16.2 Å². The van der Waals surface area contributed by atoms with Crippen molar-refractivity contribution >= 4 is 45.9 Å². The molecule has 2 nitrogen and oxygen atoms in total. The first-order valence-electron chi connectivity index (χ1n) is 5.95. The molecule has 0 fully saturated rings. The van der Waals surface area contributed by atoms with Crippen LogP contribution in [-0.2, 0) is 0 Å². The average Bonchev–Trinajstić information content (AvgIpc) is 2.48. The summed E-state index contributed by atoms with van der Waals surface area (Å²) in [7, 11) is 0. The molecule has 0 aliphatic carbocycles. The third-order valence-corrected chi connectivity index (χ3v) is 4.32. The van der Waals surface area contributed by atoms with E-state index >= 15 is 0 Å². The molecule has 5 heteroatoms. The van der Waals surface area contributed by atoms with Gasteiger partial charge in [-0.3, -0.25) is 0 Å². The van der Waals surface area contributed by atoms with Crippen molar-refractivity contribution in [3.63, 3.8) is 0 Å². The summed E-state index contributed by atoms with van der Waals surface area (Å²) < 4.78 is 0. The van der Waals surface area contributed by atoms with E-state index < -0.39 is 0 Å². The van der Waals surface area contributed by atoms with Gasteiger partial charge in [-0.25, -0.2) is 9.97 Å². The molecule has 0 unspecified atom stereocenters. The third-order valence-electron chi connectivity index (χ3n) is 2.98. The quantitative estimate of drug-likeness (QED) is 0.471. The summed E-state index contributed by atoms with van der Waals surface area (Å²) in [6.45, 7) is 0. The minimum atomic E-state index is 0.418. The van der Waals surface area contributed by atoms with Crippen LogP contribution in [0.4, 0.5) is 0 Å². The minimum absolute atomic E-state index is 0.418. The van der Waals surface area contributed by atoms with E-state index in [2.05, 4.69) is 9.97 Å². The van der Waals surface area contributed by atoms with E-state index in [4.69, 9.17) is 23.2 Å². The van der Waals surface area contributed by atoms with Gasteiger partial charge in [0.05, 0.1) is 10.5 Å². The number of fused-ring (bicyclic) bond motifs is 1. The summed E-state index contributed by atoms with van der Waals surface area (Å²) in [4.78, 5) is 10.1. The Morgan fingerprint density at radius 3 is 2.40 bits per heavy atom.